The van der Waals surface area contributed by atoms with Crippen molar-refractivity contribution in [2.75, 3.05) is 28.7 Å². The molecule has 0 unspecified atom stereocenters. The van der Waals surface area contributed by atoms with Crippen LogP contribution in [0.15, 0.2) is 47.4 Å². The molecule has 0 radical (unpaired) electrons. The third-order valence-electron chi connectivity index (χ3n) is 4.42. The molecule has 1 heterocycles. The van der Waals surface area contributed by atoms with E-state index in [4.69, 9.17) is 4.74 Å². The molecule has 0 spiro atoms. The number of aliphatic hydroxyl groups excluding tert-OH is 1. The third-order valence-corrected chi connectivity index (χ3v) is 7.54. The van der Waals surface area contributed by atoms with Crippen LogP contribution in [0.2, 0.25) is 0 Å². The van der Waals surface area contributed by atoms with Crippen LogP contribution in [-0.2, 0) is 19.9 Å². The minimum atomic E-state index is -3.85. The minimum Gasteiger partial charge on any atom is -0.495 e. The average molecular weight is 427 g/mol. The number of nitrogens with one attached hydrogen (secondary N) is 2. The first-order valence-electron chi connectivity index (χ1n) is 8.52. The van der Waals surface area contributed by atoms with Crippen molar-refractivity contribution in [1.29, 1.82) is 0 Å². The molecule has 1 aliphatic heterocycles. The molecule has 2 aromatic rings. The summed E-state index contributed by atoms with van der Waals surface area (Å²) >= 11 is 0. The first-order valence-corrected chi connectivity index (χ1v) is 11.8. The highest BCUT2D eigenvalue weighted by molar-refractivity contribution is 7.93. The zero-order valence-electron chi connectivity index (χ0n) is 15.4. The van der Waals surface area contributed by atoms with Crippen LogP contribution in [0.5, 0.6) is 5.75 Å². The number of hydrogen-bond donors (Lipinski definition) is 3. The van der Waals surface area contributed by atoms with Gasteiger partial charge in [-0.15, -0.1) is 0 Å². The maximum atomic E-state index is 12.7. The van der Waals surface area contributed by atoms with Crippen molar-refractivity contribution in [3.05, 3.63) is 48.0 Å². The van der Waals surface area contributed by atoms with Gasteiger partial charge in [-0.2, -0.15) is 0 Å². The van der Waals surface area contributed by atoms with Crippen molar-refractivity contribution >= 4 is 31.2 Å². The van der Waals surface area contributed by atoms with Crippen LogP contribution < -0.4 is 14.8 Å². The summed E-state index contributed by atoms with van der Waals surface area (Å²) in [5, 5.41) is 12.8. The predicted molar refractivity (Wildman–Crippen MR) is 107 cm³/mol. The number of rotatable bonds is 6. The Hall–Kier alpha value is -2.30. The molecule has 0 saturated carbocycles. The molecule has 0 amide bonds. The van der Waals surface area contributed by atoms with E-state index in [-0.39, 0.29) is 22.2 Å². The highest BCUT2D eigenvalue weighted by atomic mass is 32.2. The topological polar surface area (TPSA) is 122 Å². The van der Waals surface area contributed by atoms with E-state index in [1.54, 1.807) is 43.3 Å². The molecule has 0 bridgehead atoms. The lowest BCUT2D eigenvalue weighted by atomic mass is 10.2. The third kappa shape index (κ3) is 4.57. The smallest absolute Gasteiger partial charge is 0.265 e. The van der Waals surface area contributed by atoms with E-state index < -0.39 is 32.0 Å². The maximum absolute atomic E-state index is 12.7. The molecular formula is C18H22N2O6S2. The molecule has 0 aromatic heterocycles. The van der Waals surface area contributed by atoms with E-state index in [2.05, 4.69) is 10.0 Å². The Balaban J connectivity index is 1.75. The van der Waals surface area contributed by atoms with Gasteiger partial charge in [0.1, 0.15) is 10.6 Å². The monoisotopic (exact) mass is 426 g/mol. The van der Waals surface area contributed by atoms with E-state index in [1.165, 1.54) is 13.2 Å². The lowest BCUT2D eigenvalue weighted by molar-refractivity contribution is 0.190. The lowest BCUT2D eigenvalue weighted by Gasteiger charge is -2.17. The molecule has 10 heteroatoms. The second-order valence-electron chi connectivity index (χ2n) is 6.73. The summed E-state index contributed by atoms with van der Waals surface area (Å²) in [6.45, 7) is 1.79. The second-order valence-corrected chi connectivity index (χ2v) is 10.5. The van der Waals surface area contributed by atoms with Gasteiger partial charge < -0.3 is 15.2 Å². The zero-order chi connectivity index (χ0) is 20.5. The van der Waals surface area contributed by atoms with Crippen molar-refractivity contribution in [1.82, 2.24) is 0 Å². The number of aryl methyl sites for hydroxylation is 1. The van der Waals surface area contributed by atoms with Crippen LogP contribution >= 0.6 is 0 Å². The van der Waals surface area contributed by atoms with Crippen molar-refractivity contribution in [3.63, 3.8) is 0 Å². The summed E-state index contributed by atoms with van der Waals surface area (Å²) in [6.07, 6.45) is -0.975. The maximum Gasteiger partial charge on any atom is 0.265 e. The Morgan fingerprint density at radius 3 is 2.29 bits per heavy atom. The van der Waals surface area contributed by atoms with Gasteiger partial charge in [-0.3, -0.25) is 4.72 Å². The van der Waals surface area contributed by atoms with E-state index in [0.29, 0.717) is 11.4 Å². The summed E-state index contributed by atoms with van der Waals surface area (Å²) in [5.74, 6) is -0.163. The fraction of sp³-hybridized carbons (Fsp3) is 0.333. The summed E-state index contributed by atoms with van der Waals surface area (Å²) in [7, 11) is -5.70. The van der Waals surface area contributed by atoms with Gasteiger partial charge in [-0.25, -0.2) is 16.8 Å². The van der Waals surface area contributed by atoms with Crippen LogP contribution in [0.25, 0.3) is 0 Å². The molecule has 3 rings (SSSR count). The van der Waals surface area contributed by atoms with Crippen molar-refractivity contribution in [2.24, 2.45) is 0 Å². The largest absolute Gasteiger partial charge is 0.495 e. The Kier molecular flexibility index (Phi) is 5.55. The molecule has 2 atom stereocenters. The Morgan fingerprint density at radius 2 is 1.71 bits per heavy atom. The van der Waals surface area contributed by atoms with Gasteiger partial charge in [0, 0.05) is 11.4 Å². The van der Waals surface area contributed by atoms with Gasteiger partial charge >= 0.3 is 0 Å². The van der Waals surface area contributed by atoms with Crippen LogP contribution in [-0.4, -0.2) is 52.7 Å². The van der Waals surface area contributed by atoms with Crippen LogP contribution in [0.4, 0.5) is 11.4 Å². The molecular weight excluding hydrogens is 404 g/mol. The lowest BCUT2D eigenvalue weighted by Crippen LogP contribution is -2.31. The minimum absolute atomic E-state index is 0.0384. The number of hydrogen-bond acceptors (Lipinski definition) is 7. The molecule has 0 aliphatic carbocycles. The molecule has 8 nitrogen and oxygen atoms in total. The zero-order valence-corrected chi connectivity index (χ0v) is 17.0. The van der Waals surface area contributed by atoms with Crippen LogP contribution in [0.3, 0.4) is 0 Å². The van der Waals surface area contributed by atoms with Crippen LogP contribution in [0, 0.1) is 6.92 Å². The van der Waals surface area contributed by atoms with E-state index in [0.717, 1.165) is 5.56 Å². The number of ether oxygens (including phenoxy) is 1. The van der Waals surface area contributed by atoms with E-state index in [1.807, 2.05) is 0 Å². The number of benzene rings is 2. The predicted octanol–water partition coefficient (Wildman–Crippen LogP) is 1.37. The first-order chi connectivity index (χ1) is 13.1. The first kappa shape index (κ1) is 20.4. The van der Waals surface area contributed by atoms with Gasteiger partial charge in [0.15, 0.2) is 9.84 Å². The fourth-order valence-electron chi connectivity index (χ4n) is 3.02. The van der Waals surface area contributed by atoms with Crippen molar-refractivity contribution in [3.8, 4) is 5.75 Å². The van der Waals surface area contributed by atoms with E-state index in [9.17, 15) is 21.9 Å². The fourth-order valence-corrected chi connectivity index (χ4v) is 6.07. The molecule has 28 heavy (non-hydrogen) atoms. The van der Waals surface area contributed by atoms with Gasteiger partial charge in [-0.1, -0.05) is 6.07 Å². The van der Waals surface area contributed by atoms with Gasteiger partial charge in [0.2, 0.25) is 0 Å². The highest BCUT2D eigenvalue weighted by Crippen LogP contribution is 2.27. The summed E-state index contributed by atoms with van der Waals surface area (Å²) in [5.41, 5.74) is 1.71. The SMILES string of the molecule is COc1ccc(C)cc1S(=O)(=O)Nc1ccc(N[C@H]2CS(=O)(=O)C[C@H]2O)cc1. The molecule has 3 N–H and O–H groups in total. The van der Waals surface area contributed by atoms with Gasteiger partial charge in [-0.05, 0) is 48.9 Å². The summed E-state index contributed by atoms with van der Waals surface area (Å²) in [6, 6.07) is 10.6. The number of methoxy groups -OCH3 is 1. The summed E-state index contributed by atoms with van der Waals surface area (Å²) < 4.78 is 56.2. The van der Waals surface area contributed by atoms with Crippen molar-refractivity contribution in [2.45, 2.75) is 24.0 Å². The molecule has 2 aromatic carbocycles. The second kappa shape index (κ2) is 7.61. The van der Waals surface area contributed by atoms with Gasteiger partial charge in [0.05, 0.1) is 30.8 Å². The molecule has 1 saturated heterocycles. The van der Waals surface area contributed by atoms with Gasteiger partial charge in [0.25, 0.3) is 10.0 Å². The normalized spacial score (nSPS) is 21.2. The highest BCUT2D eigenvalue weighted by Gasteiger charge is 2.36. The number of anilines is 2. The van der Waals surface area contributed by atoms with E-state index >= 15 is 0 Å². The number of aliphatic hydroxyl groups is 1. The average Bonchev–Trinajstić information content (AvgIpc) is 2.88. The molecule has 1 aliphatic rings. The van der Waals surface area contributed by atoms with Crippen molar-refractivity contribution < 1.29 is 26.7 Å². The Labute approximate surface area is 164 Å². The quantitative estimate of drug-likeness (QED) is 0.638. The standard InChI is InChI=1S/C18H22N2O6S2/c1-12-3-8-17(26-2)18(9-12)28(24,25)20-14-6-4-13(5-7-14)19-15-10-27(22,23)11-16(15)21/h3-9,15-16,19-21H,10-11H2,1-2H3/t15-,16+/m0/s1. The Bertz CT molecular complexity index is 1070. The summed E-state index contributed by atoms with van der Waals surface area (Å²) in [4.78, 5) is 0.0384. The molecule has 1 fully saturated rings. The Morgan fingerprint density at radius 1 is 1.07 bits per heavy atom. The van der Waals surface area contributed by atoms with Crippen LogP contribution in [0.1, 0.15) is 5.56 Å². The molecule has 152 valence electrons. The number of sulfonamides is 1. The number of sulfone groups is 1.